The van der Waals surface area contributed by atoms with E-state index >= 15 is 0 Å². The minimum atomic E-state index is 0.00579. The van der Waals surface area contributed by atoms with E-state index in [4.69, 9.17) is 4.98 Å². The Morgan fingerprint density at radius 3 is 2.81 bits per heavy atom. The number of likely N-dealkylation sites (tertiary alicyclic amines) is 1. The van der Waals surface area contributed by atoms with Crippen LogP contribution in [0, 0.1) is 6.92 Å². The van der Waals surface area contributed by atoms with Gasteiger partial charge in [0.1, 0.15) is 0 Å². The Hall–Kier alpha value is -1.98. The molecule has 1 saturated heterocycles. The third-order valence-corrected chi connectivity index (χ3v) is 7.44. The van der Waals surface area contributed by atoms with Gasteiger partial charge >= 0.3 is 0 Å². The second-order valence-corrected chi connectivity index (χ2v) is 9.23. The van der Waals surface area contributed by atoms with Gasteiger partial charge in [-0.1, -0.05) is 6.07 Å². The van der Waals surface area contributed by atoms with Crippen LogP contribution in [-0.4, -0.2) is 33.1 Å². The largest absolute Gasteiger partial charge is 0.298 e. The molecule has 140 valence electrons. The van der Waals surface area contributed by atoms with Gasteiger partial charge < -0.3 is 0 Å². The van der Waals surface area contributed by atoms with Crippen LogP contribution in [0.15, 0.2) is 41.3 Å². The van der Waals surface area contributed by atoms with E-state index in [0.29, 0.717) is 5.92 Å². The van der Waals surface area contributed by atoms with Gasteiger partial charge in [-0.25, -0.2) is 4.98 Å². The molecule has 2 fully saturated rings. The van der Waals surface area contributed by atoms with Crippen LogP contribution in [0.4, 0.5) is 0 Å². The Morgan fingerprint density at radius 1 is 1.19 bits per heavy atom. The van der Waals surface area contributed by atoms with Crippen molar-refractivity contribution in [1.29, 1.82) is 0 Å². The topological polar surface area (TPSA) is 38.1 Å². The van der Waals surface area contributed by atoms with Gasteiger partial charge in [0.15, 0.2) is 0 Å². The van der Waals surface area contributed by atoms with Gasteiger partial charge in [-0.15, -0.1) is 11.3 Å². The number of aromatic nitrogens is 2. The van der Waals surface area contributed by atoms with Crippen LogP contribution in [-0.2, 0) is 0 Å². The Bertz CT molecular complexity index is 1050. The molecule has 5 rings (SSSR count). The molecule has 4 nitrogen and oxygen atoms in total. The molecule has 1 aromatic carbocycles. The summed E-state index contributed by atoms with van der Waals surface area (Å²) in [5, 5.41) is 1.27. The van der Waals surface area contributed by atoms with Crippen LogP contribution in [0.5, 0.6) is 0 Å². The summed E-state index contributed by atoms with van der Waals surface area (Å²) in [6, 6.07) is 11.2. The molecule has 3 heterocycles. The molecule has 0 bridgehead atoms. The summed E-state index contributed by atoms with van der Waals surface area (Å²) in [6.45, 7) is 5.65. The van der Waals surface area contributed by atoms with Crippen molar-refractivity contribution in [2.24, 2.45) is 0 Å². The number of aryl methyl sites for hydroxylation is 1. The minimum Gasteiger partial charge on any atom is -0.298 e. The average Bonchev–Trinajstić information content (AvgIpc) is 3.21. The van der Waals surface area contributed by atoms with Crippen molar-refractivity contribution in [3.8, 4) is 5.69 Å². The molecule has 1 atom stereocenters. The molecule has 3 aromatic rings. The van der Waals surface area contributed by atoms with Crippen LogP contribution < -0.4 is 5.56 Å². The molecular formula is C22H25N3OS. The second kappa shape index (κ2) is 6.57. The molecule has 0 spiro atoms. The Kier molecular flexibility index (Phi) is 4.17. The highest BCUT2D eigenvalue weighted by atomic mass is 32.1. The maximum absolute atomic E-state index is 12.2. The van der Waals surface area contributed by atoms with Crippen molar-refractivity contribution in [1.82, 2.24) is 14.5 Å². The smallest absolute Gasteiger partial charge is 0.255 e. The first-order chi connectivity index (χ1) is 13.1. The summed E-state index contributed by atoms with van der Waals surface area (Å²) in [5.74, 6) is 0.602. The van der Waals surface area contributed by atoms with Gasteiger partial charge in [0, 0.05) is 30.3 Å². The molecule has 0 radical (unpaired) electrons. The molecule has 0 N–H and O–H groups in total. The predicted molar refractivity (Wildman–Crippen MR) is 111 cm³/mol. The van der Waals surface area contributed by atoms with Crippen molar-refractivity contribution >= 4 is 21.6 Å². The zero-order valence-electron chi connectivity index (χ0n) is 15.9. The minimum absolute atomic E-state index is 0.00579. The van der Waals surface area contributed by atoms with Gasteiger partial charge in [0.25, 0.3) is 5.56 Å². The zero-order chi connectivity index (χ0) is 18.5. The van der Waals surface area contributed by atoms with Gasteiger partial charge in [-0.3, -0.25) is 14.3 Å². The summed E-state index contributed by atoms with van der Waals surface area (Å²) >= 11 is 1.80. The maximum atomic E-state index is 12.2. The van der Waals surface area contributed by atoms with E-state index < -0.39 is 0 Å². The second-order valence-electron chi connectivity index (χ2n) is 8.17. The van der Waals surface area contributed by atoms with Crippen molar-refractivity contribution in [2.45, 2.75) is 57.5 Å². The van der Waals surface area contributed by atoms with Gasteiger partial charge in [0.05, 0.1) is 20.9 Å². The van der Waals surface area contributed by atoms with Gasteiger partial charge in [-0.2, -0.15) is 0 Å². The van der Waals surface area contributed by atoms with Crippen molar-refractivity contribution < 1.29 is 0 Å². The lowest BCUT2D eigenvalue weighted by atomic mass is 9.79. The van der Waals surface area contributed by atoms with Gasteiger partial charge in [0.2, 0.25) is 0 Å². The maximum Gasteiger partial charge on any atom is 0.255 e. The number of pyridine rings is 1. The third-order valence-electron chi connectivity index (χ3n) is 6.26. The summed E-state index contributed by atoms with van der Waals surface area (Å²) in [4.78, 5) is 19.8. The molecule has 2 aromatic heterocycles. The highest BCUT2D eigenvalue weighted by Gasteiger charge is 2.39. The molecule has 1 aliphatic carbocycles. The van der Waals surface area contributed by atoms with E-state index in [1.165, 1.54) is 41.9 Å². The van der Waals surface area contributed by atoms with E-state index in [-0.39, 0.29) is 5.56 Å². The van der Waals surface area contributed by atoms with Crippen molar-refractivity contribution in [3.63, 3.8) is 0 Å². The number of hydrogen-bond donors (Lipinski definition) is 0. The predicted octanol–water partition coefficient (Wildman–Crippen LogP) is 4.49. The number of thiazole rings is 1. The van der Waals surface area contributed by atoms with Crippen molar-refractivity contribution in [2.75, 3.05) is 6.54 Å². The van der Waals surface area contributed by atoms with Crippen LogP contribution in [0.25, 0.3) is 15.9 Å². The number of nitrogens with zero attached hydrogens (tertiary/aromatic N) is 3. The number of benzene rings is 1. The van der Waals surface area contributed by atoms with Crippen LogP contribution >= 0.6 is 11.3 Å². The average molecular weight is 380 g/mol. The van der Waals surface area contributed by atoms with E-state index in [1.807, 2.05) is 25.3 Å². The molecule has 0 amide bonds. The van der Waals surface area contributed by atoms with Gasteiger partial charge in [-0.05, 0) is 69.8 Å². The van der Waals surface area contributed by atoms with Crippen LogP contribution in [0.2, 0.25) is 0 Å². The zero-order valence-corrected chi connectivity index (χ0v) is 16.7. The fourth-order valence-electron chi connectivity index (χ4n) is 4.61. The number of hydrogen-bond acceptors (Lipinski definition) is 4. The van der Waals surface area contributed by atoms with E-state index in [2.05, 4.69) is 24.0 Å². The number of fused-ring (bicyclic) bond motifs is 1. The molecule has 2 aliphatic rings. The normalized spacial score (nSPS) is 25.8. The summed E-state index contributed by atoms with van der Waals surface area (Å²) in [5.41, 5.74) is 3.06. The summed E-state index contributed by atoms with van der Waals surface area (Å²) in [6.07, 6.45) is 7.09. The van der Waals surface area contributed by atoms with E-state index in [9.17, 15) is 4.79 Å². The Balaban J connectivity index is 1.39. The lowest BCUT2D eigenvalue weighted by Gasteiger charge is -2.42. The Labute approximate surface area is 163 Å². The molecular weight excluding hydrogens is 354 g/mol. The monoisotopic (exact) mass is 379 g/mol. The highest BCUT2D eigenvalue weighted by molar-refractivity contribution is 7.18. The fourth-order valence-corrected chi connectivity index (χ4v) is 5.74. The van der Waals surface area contributed by atoms with Crippen LogP contribution in [0.3, 0.4) is 0 Å². The summed E-state index contributed by atoms with van der Waals surface area (Å²) < 4.78 is 2.90. The quantitative estimate of drug-likeness (QED) is 0.673. The fraction of sp³-hybridized carbons (Fsp3) is 0.455. The molecule has 1 saturated carbocycles. The first-order valence-electron chi connectivity index (χ1n) is 9.94. The summed E-state index contributed by atoms with van der Waals surface area (Å²) in [7, 11) is 0. The standard InChI is InChI=1S/C22H25N3OS/c1-14-5-8-21(26)25(13-14)17-6-7-19-20(12-17)27-22(23-19)16-10-18(11-16)24-9-3-4-15(24)2/h5-8,12-13,15-16,18H,3-4,9-11H2,1-2H3/t15-,16?,18?/m0/s1. The van der Waals surface area contributed by atoms with E-state index in [1.54, 1.807) is 22.0 Å². The molecule has 0 unspecified atom stereocenters. The third kappa shape index (κ3) is 3.03. The first-order valence-corrected chi connectivity index (χ1v) is 10.8. The lowest BCUT2D eigenvalue weighted by Crippen LogP contribution is -2.45. The molecule has 1 aliphatic heterocycles. The van der Waals surface area contributed by atoms with Crippen molar-refractivity contribution in [3.05, 3.63) is 57.5 Å². The Morgan fingerprint density at radius 2 is 2.04 bits per heavy atom. The first kappa shape index (κ1) is 17.1. The van der Waals surface area contributed by atoms with Crippen LogP contribution in [0.1, 0.15) is 49.1 Å². The highest BCUT2D eigenvalue weighted by Crippen LogP contribution is 2.44. The number of rotatable bonds is 3. The molecule has 27 heavy (non-hydrogen) atoms. The SMILES string of the molecule is Cc1ccc(=O)n(-c2ccc3nc(C4CC(N5CCC[C@@H]5C)C4)sc3c2)c1. The molecule has 5 heteroatoms. The van der Waals surface area contributed by atoms with E-state index in [0.717, 1.165) is 28.9 Å². The lowest BCUT2D eigenvalue weighted by molar-refractivity contribution is 0.103.